The maximum absolute atomic E-state index is 13.0. The van der Waals surface area contributed by atoms with Crippen molar-refractivity contribution in [2.45, 2.75) is 6.92 Å². The number of piperazine rings is 1. The Balaban J connectivity index is 1.43. The van der Waals surface area contributed by atoms with E-state index in [-0.39, 0.29) is 25.0 Å². The second-order valence-corrected chi connectivity index (χ2v) is 9.69. The molecule has 2 aliphatic heterocycles. The number of ether oxygens (including phenoxy) is 3. The number of fused-ring (bicyclic) bond motifs is 1. The van der Waals surface area contributed by atoms with Gasteiger partial charge in [-0.3, -0.25) is 9.10 Å². The number of sulfonamides is 1. The molecule has 2 aromatic carbocycles. The fraction of sp³-hybridized carbons (Fsp3) is 0.409. The lowest BCUT2D eigenvalue weighted by Crippen LogP contribution is -2.52. The minimum atomic E-state index is -3.66. The van der Waals surface area contributed by atoms with Gasteiger partial charge in [0.2, 0.25) is 22.7 Å². The number of methoxy groups -OCH3 is 1. The molecule has 172 valence electrons. The van der Waals surface area contributed by atoms with Crippen LogP contribution in [0.5, 0.6) is 17.2 Å². The van der Waals surface area contributed by atoms with Crippen LogP contribution in [0.1, 0.15) is 6.92 Å². The van der Waals surface area contributed by atoms with Crippen molar-refractivity contribution < 1.29 is 27.4 Å². The maximum Gasteiger partial charge on any atom is 0.243 e. The molecule has 1 fully saturated rings. The van der Waals surface area contributed by atoms with E-state index in [0.29, 0.717) is 43.4 Å². The minimum Gasteiger partial charge on any atom is -0.497 e. The Kier molecular flexibility index (Phi) is 6.31. The maximum atomic E-state index is 13.0. The van der Waals surface area contributed by atoms with Gasteiger partial charge >= 0.3 is 0 Å². The van der Waals surface area contributed by atoms with Crippen molar-refractivity contribution in [3.63, 3.8) is 0 Å². The normalized spacial score (nSPS) is 15.6. The molecule has 1 saturated heterocycles. The Morgan fingerprint density at radius 1 is 1.03 bits per heavy atom. The number of carbonyl (C=O) groups excluding carboxylic acids is 1. The third kappa shape index (κ3) is 4.55. The number of anilines is 2. The van der Waals surface area contributed by atoms with Gasteiger partial charge in [0.25, 0.3) is 0 Å². The molecule has 2 aliphatic rings. The van der Waals surface area contributed by atoms with Gasteiger partial charge < -0.3 is 24.0 Å². The summed E-state index contributed by atoms with van der Waals surface area (Å²) >= 11 is 0. The summed E-state index contributed by atoms with van der Waals surface area (Å²) in [5.41, 5.74) is 1.45. The molecule has 0 bridgehead atoms. The molecule has 2 heterocycles. The molecule has 0 radical (unpaired) electrons. The average Bonchev–Trinajstić information content (AvgIpc) is 3.30. The molecule has 9 nitrogen and oxygen atoms in total. The van der Waals surface area contributed by atoms with Crippen LogP contribution in [0.15, 0.2) is 42.5 Å². The van der Waals surface area contributed by atoms with E-state index in [4.69, 9.17) is 14.2 Å². The molecule has 0 N–H and O–H groups in total. The van der Waals surface area contributed by atoms with Crippen LogP contribution >= 0.6 is 0 Å². The zero-order chi connectivity index (χ0) is 22.7. The lowest BCUT2D eigenvalue weighted by atomic mass is 10.2. The summed E-state index contributed by atoms with van der Waals surface area (Å²) in [7, 11) is -2.03. The Labute approximate surface area is 188 Å². The number of hydrogen-bond acceptors (Lipinski definition) is 7. The standard InChI is InChI=1S/C22H27N3O6S/c1-3-32(27,28)25(18-6-9-20-21(14-18)31-16-30-20)15-22(26)24-12-10-23(11-13-24)17-4-7-19(29-2)8-5-17/h4-9,14H,3,10-13,15-16H2,1-2H3. The quantitative estimate of drug-likeness (QED) is 0.623. The van der Waals surface area contributed by atoms with E-state index in [1.165, 1.54) is 0 Å². The lowest BCUT2D eigenvalue weighted by molar-refractivity contribution is -0.129. The van der Waals surface area contributed by atoms with Crippen LogP contribution in [0.25, 0.3) is 0 Å². The third-order valence-electron chi connectivity index (χ3n) is 5.69. The highest BCUT2D eigenvalue weighted by Crippen LogP contribution is 2.36. The van der Waals surface area contributed by atoms with Crippen molar-refractivity contribution in [2.24, 2.45) is 0 Å². The summed E-state index contributed by atoms with van der Waals surface area (Å²) < 4.78 is 42.6. The Bertz CT molecular complexity index is 1070. The second kappa shape index (κ2) is 9.15. The van der Waals surface area contributed by atoms with E-state index in [1.807, 2.05) is 24.3 Å². The molecule has 32 heavy (non-hydrogen) atoms. The predicted octanol–water partition coefficient (Wildman–Crippen LogP) is 1.93. The van der Waals surface area contributed by atoms with Gasteiger partial charge in [-0.25, -0.2) is 8.42 Å². The average molecular weight is 462 g/mol. The van der Waals surface area contributed by atoms with Gasteiger partial charge in [0, 0.05) is 37.9 Å². The SMILES string of the molecule is CCS(=O)(=O)N(CC(=O)N1CCN(c2ccc(OC)cc2)CC1)c1ccc2c(c1)OCO2. The fourth-order valence-corrected chi connectivity index (χ4v) is 4.83. The van der Waals surface area contributed by atoms with E-state index < -0.39 is 10.0 Å². The minimum absolute atomic E-state index is 0.0940. The first-order valence-corrected chi connectivity index (χ1v) is 12.1. The number of carbonyl (C=O) groups is 1. The zero-order valence-corrected chi connectivity index (χ0v) is 19.0. The molecule has 4 rings (SSSR count). The van der Waals surface area contributed by atoms with Crippen molar-refractivity contribution in [2.75, 3.05) is 61.6 Å². The van der Waals surface area contributed by atoms with Crippen LogP contribution in [-0.4, -0.2) is 71.6 Å². The first kappa shape index (κ1) is 22.1. The molecule has 0 aromatic heterocycles. The van der Waals surface area contributed by atoms with Gasteiger partial charge in [-0.15, -0.1) is 0 Å². The number of rotatable bonds is 7. The number of nitrogens with zero attached hydrogens (tertiary/aromatic N) is 3. The molecule has 10 heteroatoms. The van der Waals surface area contributed by atoms with Crippen molar-refractivity contribution >= 4 is 27.3 Å². The largest absolute Gasteiger partial charge is 0.497 e. The molecule has 0 atom stereocenters. The highest BCUT2D eigenvalue weighted by Gasteiger charge is 2.29. The Morgan fingerprint density at radius 3 is 2.38 bits per heavy atom. The van der Waals surface area contributed by atoms with E-state index in [1.54, 1.807) is 37.1 Å². The molecule has 0 unspecified atom stereocenters. The summed E-state index contributed by atoms with van der Waals surface area (Å²) in [4.78, 5) is 16.9. The van der Waals surface area contributed by atoms with E-state index in [9.17, 15) is 13.2 Å². The highest BCUT2D eigenvalue weighted by atomic mass is 32.2. The van der Waals surface area contributed by atoms with Crippen LogP contribution < -0.4 is 23.4 Å². The van der Waals surface area contributed by atoms with Crippen LogP contribution in [0, 0.1) is 0 Å². The molecule has 0 spiro atoms. The van der Waals surface area contributed by atoms with Gasteiger partial charge in [0.15, 0.2) is 11.5 Å². The first-order valence-electron chi connectivity index (χ1n) is 10.5. The number of amides is 1. The van der Waals surface area contributed by atoms with E-state index in [2.05, 4.69) is 4.90 Å². The summed E-state index contributed by atoms with van der Waals surface area (Å²) in [5.74, 6) is 1.49. The van der Waals surface area contributed by atoms with Gasteiger partial charge in [-0.1, -0.05) is 0 Å². The van der Waals surface area contributed by atoms with E-state index in [0.717, 1.165) is 15.7 Å². The smallest absolute Gasteiger partial charge is 0.243 e. The summed E-state index contributed by atoms with van der Waals surface area (Å²) in [6.45, 7) is 3.78. The molecular weight excluding hydrogens is 434 g/mol. The van der Waals surface area contributed by atoms with Crippen LogP contribution in [0.2, 0.25) is 0 Å². The van der Waals surface area contributed by atoms with Crippen molar-refractivity contribution in [1.29, 1.82) is 0 Å². The van der Waals surface area contributed by atoms with Crippen molar-refractivity contribution in [3.8, 4) is 17.2 Å². The van der Waals surface area contributed by atoms with Crippen molar-refractivity contribution in [1.82, 2.24) is 4.90 Å². The van der Waals surface area contributed by atoms with Gasteiger partial charge in [-0.05, 0) is 43.3 Å². The Morgan fingerprint density at radius 2 is 1.72 bits per heavy atom. The van der Waals surface area contributed by atoms with Gasteiger partial charge in [0.05, 0.1) is 18.6 Å². The van der Waals surface area contributed by atoms with Gasteiger partial charge in [0.1, 0.15) is 12.3 Å². The number of benzene rings is 2. The summed E-state index contributed by atoms with van der Waals surface area (Å²) in [6, 6.07) is 12.7. The van der Waals surface area contributed by atoms with Gasteiger partial charge in [-0.2, -0.15) is 0 Å². The topological polar surface area (TPSA) is 88.6 Å². The van der Waals surface area contributed by atoms with Crippen LogP contribution in [-0.2, 0) is 14.8 Å². The van der Waals surface area contributed by atoms with Crippen LogP contribution in [0.4, 0.5) is 11.4 Å². The Hall–Kier alpha value is -3.14. The molecule has 0 saturated carbocycles. The monoisotopic (exact) mass is 461 g/mol. The zero-order valence-electron chi connectivity index (χ0n) is 18.2. The van der Waals surface area contributed by atoms with Crippen LogP contribution in [0.3, 0.4) is 0 Å². The molecule has 1 amide bonds. The lowest BCUT2D eigenvalue weighted by Gasteiger charge is -2.37. The van der Waals surface area contributed by atoms with Crippen molar-refractivity contribution in [3.05, 3.63) is 42.5 Å². The number of hydrogen-bond donors (Lipinski definition) is 0. The predicted molar refractivity (Wildman–Crippen MR) is 121 cm³/mol. The summed E-state index contributed by atoms with van der Waals surface area (Å²) in [5, 5.41) is 0. The first-order chi connectivity index (χ1) is 15.4. The molecule has 0 aliphatic carbocycles. The molecular formula is C22H27N3O6S. The fourth-order valence-electron chi connectivity index (χ4n) is 3.78. The molecule has 2 aromatic rings. The second-order valence-electron chi connectivity index (χ2n) is 7.51. The highest BCUT2D eigenvalue weighted by molar-refractivity contribution is 7.92. The summed E-state index contributed by atoms with van der Waals surface area (Å²) in [6.07, 6.45) is 0. The third-order valence-corrected chi connectivity index (χ3v) is 7.43. The van der Waals surface area contributed by atoms with E-state index >= 15 is 0 Å².